The quantitative estimate of drug-likeness (QED) is 0.264. The SMILES string of the molecule is CN(C)C/C=C/C(=O)Nc1cc2c(Nc3ccc(OCc4ccccn4)cc3)ncnc2cc1OC1CCOC1. The molecule has 4 aromatic rings. The van der Waals surface area contributed by atoms with Gasteiger partial charge in [-0.15, -0.1) is 0 Å². The summed E-state index contributed by atoms with van der Waals surface area (Å²) in [6, 6.07) is 17.0. The van der Waals surface area contributed by atoms with Crippen molar-refractivity contribution < 1.29 is 19.0 Å². The molecule has 0 radical (unpaired) electrons. The standard InChI is InChI=1S/C30H32N6O4/c1-36(2)14-5-7-29(37)35-27-16-25-26(17-28(27)40-24-12-15-38-19-24)32-20-33-30(25)34-21-8-10-23(11-9-21)39-18-22-6-3-4-13-31-22/h3-11,13,16-17,20,24H,12,14-15,18-19H2,1-2H3,(H,35,37)(H,32,33,34)/b7-5+. The van der Waals surface area contributed by atoms with Crippen LogP contribution in [0.3, 0.4) is 0 Å². The first kappa shape index (κ1) is 27.0. The fraction of sp³-hybridized carbons (Fsp3) is 0.267. The minimum absolute atomic E-state index is 0.0878. The third-order valence-electron chi connectivity index (χ3n) is 6.15. The van der Waals surface area contributed by atoms with Gasteiger partial charge in [0.2, 0.25) is 5.91 Å². The second-order valence-electron chi connectivity index (χ2n) is 9.60. The highest BCUT2D eigenvalue weighted by molar-refractivity contribution is 6.03. The number of nitrogens with zero attached hydrogens (tertiary/aromatic N) is 4. The van der Waals surface area contributed by atoms with Crippen LogP contribution in [0.15, 0.2) is 79.3 Å². The lowest BCUT2D eigenvalue weighted by Crippen LogP contribution is -2.18. The molecule has 1 saturated heterocycles. The van der Waals surface area contributed by atoms with Crippen LogP contribution in [0, 0.1) is 0 Å². The zero-order valence-electron chi connectivity index (χ0n) is 22.5. The first-order valence-corrected chi connectivity index (χ1v) is 13.1. The molecule has 0 spiro atoms. The fourth-order valence-electron chi connectivity index (χ4n) is 4.12. The minimum Gasteiger partial charge on any atom is -0.487 e. The Hall–Kier alpha value is -4.54. The van der Waals surface area contributed by atoms with E-state index in [4.69, 9.17) is 14.2 Å². The maximum absolute atomic E-state index is 12.7. The zero-order valence-corrected chi connectivity index (χ0v) is 22.5. The largest absolute Gasteiger partial charge is 0.487 e. The number of rotatable bonds is 11. The summed E-state index contributed by atoms with van der Waals surface area (Å²) in [5.41, 5.74) is 2.90. The summed E-state index contributed by atoms with van der Waals surface area (Å²) in [5.74, 6) is 1.62. The monoisotopic (exact) mass is 540 g/mol. The van der Waals surface area contributed by atoms with E-state index in [1.165, 1.54) is 12.4 Å². The van der Waals surface area contributed by atoms with Crippen LogP contribution < -0.4 is 20.1 Å². The third kappa shape index (κ3) is 7.31. The molecular weight excluding hydrogens is 508 g/mol. The van der Waals surface area contributed by atoms with E-state index < -0.39 is 0 Å². The van der Waals surface area contributed by atoms with Crippen molar-refractivity contribution in [3.63, 3.8) is 0 Å². The number of carbonyl (C=O) groups is 1. The van der Waals surface area contributed by atoms with Crippen molar-refractivity contribution >= 4 is 34.0 Å². The average molecular weight is 541 g/mol. The molecule has 0 bridgehead atoms. The van der Waals surface area contributed by atoms with Gasteiger partial charge in [-0.05, 0) is 56.6 Å². The summed E-state index contributed by atoms with van der Waals surface area (Å²) in [4.78, 5) is 27.9. The number of fused-ring (bicyclic) bond motifs is 1. The normalized spacial score (nSPS) is 15.0. The molecule has 1 fully saturated rings. The summed E-state index contributed by atoms with van der Waals surface area (Å²) in [6.45, 7) is 2.20. The minimum atomic E-state index is -0.249. The Labute approximate surface area is 233 Å². The van der Waals surface area contributed by atoms with E-state index >= 15 is 0 Å². The van der Waals surface area contributed by atoms with Crippen LogP contribution in [0.4, 0.5) is 17.2 Å². The molecule has 0 aliphatic carbocycles. The molecule has 3 heterocycles. The number of hydrogen-bond acceptors (Lipinski definition) is 9. The van der Waals surface area contributed by atoms with Crippen LogP contribution in [-0.2, 0) is 16.1 Å². The van der Waals surface area contributed by atoms with Crippen molar-refractivity contribution in [3.8, 4) is 11.5 Å². The van der Waals surface area contributed by atoms with Crippen molar-refractivity contribution in [1.29, 1.82) is 0 Å². The lowest BCUT2D eigenvalue weighted by Gasteiger charge is -2.17. The molecular formula is C30H32N6O4. The van der Waals surface area contributed by atoms with Gasteiger partial charge in [-0.2, -0.15) is 0 Å². The summed E-state index contributed by atoms with van der Waals surface area (Å²) in [6.07, 6.45) is 7.27. The van der Waals surface area contributed by atoms with Crippen molar-refractivity contribution in [2.24, 2.45) is 0 Å². The molecule has 1 amide bonds. The summed E-state index contributed by atoms with van der Waals surface area (Å²) in [7, 11) is 3.89. The van der Waals surface area contributed by atoms with E-state index in [1.54, 1.807) is 6.20 Å². The summed E-state index contributed by atoms with van der Waals surface area (Å²) in [5, 5.41) is 7.05. The van der Waals surface area contributed by atoms with E-state index in [1.807, 2.05) is 79.7 Å². The number of likely N-dealkylation sites (N-methyl/N-ethyl adjacent to an activating group) is 1. The van der Waals surface area contributed by atoms with Crippen molar-refractivity contribution in [1.82, 2.24) is 19.9 Å². The molecule has 10 nitrogen and oxygen atoms in total. The number of anilines is 3. The predicted octanol–water partition coefficient (Wildman–Crippen LogP) is 4.57. The molecule has 2 aromatic heterocycles. The fourth-order valence-corrected chi connectivity index (χ4v) is 4.12. The highest BCUT2D eigenvalue weighted by Gasteiger charge is 2.20. The van der Waals surface area contributed by atoms with Crippen LogP contribution in [-0.4, -0.2) is 65.7 Å². The lowest BCUT2D eigenvalue weighted by atomic mass is 10.1. The Kier molecular flexibility index (Phi) is 8.79. The van der Waals surface area contributed by atoms with Gasteiger partial charge in [-0.25, -0.2) is 9.97 Å². The number of pyridine rings is 1. The molecule has 10 heteroatoms. The summed E-state index contributed by atoms with van der Waals surface area (Å²) >= 11 is 0. The maximum atomic E-state index is 12.7. The number of carbonyl (C=O) groups excluding carboxylic acids is 1. The molecule has 40 heavy (non-hydrogen) atoms. The van der Waals surface area contributed by atoms with Crippen molar-refractivity contribution in [2.75, 3.05) is 44.5 Å². The number of aromatic nitrogens is 3. The van der Waals surface area contributed by atoms with Crippen LogP contribution in [0.2, 0.25) is 0 Å². The Morgan fingerprint density at radius 3 is 2.75 bits per heavy atom. The van der Waals surface area contributed by atoms with Crippen LogP contribution in [0.25, 0.3) is 10.9 Å². The molecule has 1 aliphatic rings. The van der Waals surface area contributed by atoms with E-state index in [-0.39, 0.29) is 12.0 Å². The molecule has 2 aromatic carbocycles. The van der Waals surface area contributed by atoms with Gasteiger partial charge >= 0.3 is 0 Å². The van der Waals surface area contributed by atoms with Gasteiger partial charge in [-0.1, -0.05) is 12.1 Å². The molecule has 2 N–H and O–H groups in total. The highest BCUT2D eigenvalue weighted by Crippen LogP contribution is 2.35. The molecule has 1 aliphatic heterocycles. The number of hydrogen-bond donors (Lipinski definition) is 2. The molecule has 1 atom stereocenters. The first-order chi connectivity index (χ1) is 19.5. The number of benzene rings is 2. The number of nitrogens with one attached hydrogen (secondary N) is 2. The van der Waals surface area contributed by atoms with E-state index in [2.05, 4.69) is 25.6 Å². The lowest BCUT2D eigenvalue weighted by molar-refractivity contribution is -0.111. The van der Waals surface area contributed by atoms with Crippen molar-refractivity contribution in [2.45, 2.75) is 19.1 Å². The van der Waals surface area contributed by atoms with Gasteiger partial charge in [0.05, 0.1) is 30.1 Å². The Bertz CT molecular complexity index is 1450. The highest BCUT2D eigenvalue weighted by atomic mass is 16.5. The molecule has 0 saturated carbocycles. The van der Waals surface area contributed by atoms with Gasteiger partial charge in [0.15, 0.2) is 0 Å². The molecule has 1 unspecified atom stereocenters. The van der Waals surface area contributed by atoms with Gasteiger partial charge < -0.3 is 29.7 Å². The molecule has 5 rings (SSSR count). The average Bonchev–Trinajstić information content (AvgIpc) is 3.47. The van der Waals surface area contributed by atoms with Gasteiger partial charge in [0, 0.05) is 42.4 Å². The smallest absolute Gasteiger partial charge is 0.248 e. The third-order valence-corrected chi connectivity index (χ3v) is 6.15. The van der Waals surface area contributed by atoms with E-state index in [9.17, 15) is 4.79 Å². The second-order valence-corrected chi connectivity index (χ2v) is 9.60. The van der Waals surface area contributed by atoms with Gasteiger partial charge in [0.25, 0.3) is 0 Å². The van der Waals surface area contributed by atoms with Gasteiger partial charge in [-0.3, -0.25) is 9.78 Å². The van der Waals surface area contributed by atoms with Crippen LogP contribution in [0.1, 0.15) is 12.1 Å². The van der Waals surface area contributed by atoms with Crippen LogP contribution >= 0.6 is 0 Å². The second kappa shape index (κ2) is 13.0. The van der Waals surface area contributed by atoms with Crippen molar-refractivity contribution in [3.05, 3.63) is 85.0 Å². The van der Waals surface area contributed by atoms with E-state index in [0.717, 1.165) is 28.9 Å². The number of amides is 1. The predicted molar refractivity (Wildman–Crippen MR) is 154 cm³/mol. The zero-order chi connectivity index (χ0) is 27.7. The number of ether oxygens (including phenoxy) is 3. The van der Waals surface area contributed by atoms with Gasteiger partial charge in [0.1, 0.15) is 36.4 Å². The Balaban J connectivity index is 1.36. The molecule has 206 valence electrons. The van der Waals surface area contributed by atoms with E-state index in [0.29, 0.717) is 49.1 Å². The first-order valence-electron chi connectivity index (χ1n) is 13.1. The maximum Gasteiger partial charge on any atom is 0.248 e. The topological polar surface area (TPSA) is 111 Å². The van der Waals surface area contributed by atoms with Crippen LogP contribution in [0.5, 0.6) is 11.5 Å². The Morgan fingerprint density at radius 2 is 2.00 bits per heavy atom. The Morgan fingerprint density at radius 1 is 1.12 bits per heavy atom. The summed E-state index contributed by atoms with van der Waals surface area (Å²) < 4.78 is 17.5.